The van der Waals surface area contributed by atoms with Crippen LogP contribution in [0.2, 0.25) is 0 Å². The summed E-state index contributed by atoms with van der Waals surface area (Å²) in [5.74, 6) is 1.79. The minimum Gasteiger partial charge on any atom is -0.0853 e. The molecule has 0 heteroatoms. The average molecular weight is 138 g/mol. The van der Waals surface area contributed by atoms with Crippen molar-refractivity contribution in [1.29, 1.82) is 0 Å². The summed E-state index contributed by atoms with van der Waals surface area (Å²) in [4.78, 5) is 0. The van der Waals surface area contributed by atoms with Gasteiger partial charge in [0.05, 0.1) is 0 Å². The van der Waals surface area contributed by atoms with Crippen molar-refractivity contribution in [1.82, 2.24) is 0 Å². The lowest BCUT2D eigenvalue weighted by Gasteiger charge is -2.09. The van der Waals surface area contributed by atoms with Gasteiger partial charge in [0.2, 0.25) is 0 Å². The van der Waals surface area contributed by atoms with E-state index in [1.165, 1.54) is 19.3 Å². The van der Waals surface area contributed by atoms with Gasteiger partial charge in [0, 0.05) is 0 Å². The first-order valence-corrected chi connectivity index (χ1v) is 4.44. The fourth-order valence-corrected chi connectivity index (χ4v) is 1.79. The van der Waals surface area contributed by atoms with Gasteiger partial charge in [0.1, 0.15) is 0 Å². The standard InChI is InChI=1S/C10H18/c1-4-5-10-7-6-8(2)9(10)3/h5,8-9H,4,6-7H2,1-3H3/b10-5-. The summed E-state index contributed by atoms with van der Waals surface area (Å²) in [5, 5.41) is 0. The minimum atomic E-state index is 0.861. The van der Waals surface area contributed by atoms with E-state index in [0.29, 0.717) is 0 Å². The van der Waals surface area contributed by atoms with Gasteiger partial charge in [-0.1, -0.05) is 32.4 Å². The molecule has 1 aliphatic carbocycles. The molecular weight excluding hydrogens is 120 g/mol. The third kappa shape index (κ3) is 1.42. The van der Waals surface area contributed by atoms with Crippen molar-refractivity contribution in [3.63, 3.8) is 0 Å². The first-order chi connectivity index (χ1) is 4.75. The normalized spacial score (nSPS) is 37.3. The van der Waals surface area contributed by atoms with Gasteiger partial charge in [-0.3, -0.25) is 0 Å². The molecule has 1 aliphatic rings. The molecule has 1 saturated carbocycles. The molecule has 0 aromatic rings. The van der Waals surface area contributed by atoms with E-state index in [0.717, 1.165) is 11.8 Å². The number of hydrogen-bond donors (Lipinski definition) is 0. The lowest BCUT2D eigenvalue weighted by molar-refractivity contribution is 0.493. The summed E-state index contributed by atoms with van der Waals surface area (Å²) in [5.41, 5.74) is 1.70. The maximum absolute atomic E-state index is 2.41. The highest BCUT2D eigenvalue weighted by Crippen LogP contribution is 2.35. The van der Waals surface area contributed by atoms with Crippen LogP contribution in [0.3, 0.4) is 0 Å². The molecular formula is C10H18. The van der Waals surface area contributed by atoms with Crippen LogP contribution in [0.25, 0.3) is 0 Å². The first kappa shape index (κ1) is 7.84. The molecule has 1 fully saturated rings. The zero-order valence-electron chi connectivity index (χ0n) is 7.35. The molecule has 0 N–H and O–H groups in total. The van der Waals surface area contributed by atoms with Crippen LogP contribution < -0.4 is 0 Å². The largest absolute Gasteiger partial charge is 0.0853 e. The van der Waals surface area contributed by atoms with Gasteiger partial charge in [-0.05, 0) is 31.1 Å². The van der Waals surface area contributed by atoms with Crippen molar-refractivity contribution in [2.75, 3.05) is 0 Å². The summed E-state index contributed by atoms with van der Waals surface area (Å²) < 4.78 is 0. The van der Waals surface area contributed by atoms with E-state index in [1.54, 1.807) is 5.57 Å². The molecule has 0 saturated heterocycles. The van der Waals surface area contributed by atoms with Crippen molar-refractivity contribution in [2.45, 2.75) is 40.0 Å². The first-order valence-electron chi connectivity index (χ1n) is 4.44. The Kier molecular flexibility index (Phi) is 2.53. The highest BCUT2D eigenvalue weighted by Gasteiger charge is 2.22. The molecule has 0 amide bonds. The quantitative estimate of drug-likeness (QED) is 0.487. The highest BCUT2D eigenvalue weighted by atomic mass is 14.3. The van der Waals surface area contributed by atoms with E-state index in [4.69, 9.17) is 0 Å². The van der Waals surface area contributed by atoms with Crippen molar-refractivity contribution < 1.29 is 0 Å². The van der Waals surface area contributed by atoms with E-state index in [-0.39, 0.29) is 0 Å². The Balaban J connectivity index is 2.57. The van der Waals surface area contributed by atoms with Gasteiger partial charge in [-0.15, -0.1) is 0 Å². The van der Waals surface area contributed by atoms with Gasteiger partial charge in [-0.2, -0.15) is 0 Å². The highest BCUT2D eigenvalue weighted by molar-refractivity contribution is 5.11. The fourth-order valence-electron chi connectivity index (χ4n) is 1.79. The molecule has 0 radical (unpaired) electrons. The van der Waals surface area contributed by atoms with Crippen molar-refractivity contribution in [3.8, 4) is 0 Å². The van der Waals surface area contributed by atoms with Crippen LogP contribution >= 0.6 is 0 Å². The molecule has 0 spiro atoms. The number of hydrogen-bond acceptors (Lipinski definition) is 0. The van der Waals surface area contributed by atoms with Gasteiger partial charge >= 0.3 is 0 Å². The Morgan fingerprint density at radius 2 is 2.20 bits per heavy atom. The average Bonchev–Trinajstić information content (AvgIpc) is 2.20. The second kappa shape index (κ2) is 3.23. The van der Waals surface area contributed by atoms with Gasteiger partial charge in [-0.25, -0.2) is 0 Å². The Morgan fingerprint density at radius 3 is 2.60 bits per heavy atom. The van der Waals surface area contributed by atoms with Crippen LogP contribution in [0.1, 0.15) is 40.0 Å². The lowest BCUT2D eigenvalue weighted by Crippen LogP contribution is -1.99. The predicted octanol–water partition coefficient (Wildman–Crippen LogP) is 3.39. The SMILES string of the molecule is CC/C=C1/CCC(C)C1C. The fraction of sp³-hybridized carbons (Fsp3) is 0.800. The molecule has 0 aliphatic heterocycles. The summed E-state index contributed by atoms with van der Waals surface area (Å²) in [6.45, 7) is 6.95. The molecule has 0 heterocycles. The predicted molar refractivity (Wildman–Crippen MR) is 45.9 cm³/mol. The van der Waals surface area contributed by atoms with Crippen LogP contribution in [0, 0.1) is 11.8 Å². The van der Waals surface area contributed by atoms with Crippen LogP contribution in [-0.4, -0.2) is 0 Å². The molecule has 58 valence electrons. The van der Waals surface area contributed by atoms with E-state index in [2.05, 4.69) is 26.8 Å². The van der Waals surface area contributed by atoms with Crippen LogP contribution in [0.15, 0.2) is 11.6 Å². The topological polar surface area (TPSA) is 0 Å². The van der Waals surface area contributed by atoms with E-state index < -0.39 is 0 Å². The van der Waals surface area contributed by atoms with Gasteiger partial charge in [0.25, 0.3) is 0 Å². The Bertz CT molecular complexity index is 133. The molecule has 0 nitrogen and oxygen atoms in total. The van der Waals surface area contributed by atoms with Crippen molar-refractivity contribution in [2.24, 2.45) is 11.8 Å². The second-order valence-electron chi connectivity index (χ2n) is 3.49. The number of rotatable bonds is 1. The Labute approximate surface area is 64.3 Å². The third-order valence-corrected chi connectivity index (χ3v) is 2.79. The molecule has 1 rings (SSSR count). The second-order valence-corrected chi connectivity index (χ2v) is 3.49. The van der Waals surface area contributed by atoms with Gasteiger partial charge < -0.3 is 0 Å². The molecule has 2 atom stereocenters. The molecule has 0 bridgehead atoms. The maximum atomic E-state index is 2.41. The molecule has 0 aromatic heterocycles. The van der Waals surface area contributed by atoms with Gasteiger partial charge in [0.15, 0.2) is 0 Å². The van der Waals surface area contributed by atoms with E-state index >= 15 is 0 Å². The summed E-state index contributed by atoms with van der Waals surface area (Å²) in [6, 6.07) is 0. The smallest absolute Gasteiger partial charge is 0.0206 e. The Hall–Kier alpha value is -0.260. The Morgan fingerprint density at radius 1 is 1.50 bits per heavy atom. The third-order valence-electron chi connectivity index (χ3n) is 2.79. The van der Waals surface area contributed by atoms with Crippen molar-refractivity contribution >= 4 is 0 Å². The molecule has 10 heavy (non-hydrogen) atoms. The zero-order valence-corrected chi connectivity index (χ0v) is 7.35. The summed E-state index contributed by atoms with van der Waals surface area (Å²) in [7, 11) is 0. The van der Waals surface area contributed by atoms with Crippen LogP contribution in [0.5, 0.6) is 0 Å². The summed E-state index contributed by atoms with van der Waals surface area (Å²) >= 11 is 0. The monoisotopic (exact) mass is 138 g/mol. The molecule has 2 unspecified atom stereocenters. The van der Waals surface area contributed by atoms with Crippen LogP contribution in [0.4, 0.5) is 0 Å². The lowest BCUT2D eigenvalue weighted by atomic mass is 9.97. The van der Waals surface area contributed by atoms with Crippen LogP contribution in [-0.2, 0) is 0 Å². The molecule has 0 aromatic carbocycles. The number of allylic oxidation sites excluding steroid dienone is 2. The van der Waals surface area contributed by atoms with Crippen molar-refractivity contribution in [3.05, 3.63) is 11.6 Å². The zero-order chi connectivity index (χ0) is 7.56. The van der Waals surface area contributed by atoms with E-state index in [9.17, 15) is 0 Å². The van der Waals surface area contributed by atoms with E-state index in [1.807, 2.05) is 0 Å². The minimum absolute atomic E-state index is 0.861. The maximum Gasteiger partial charge on any atom is -0.0206 e. The summed E-state index contributed by atoms with van der Waals surface area (Å²) in [6.07, 6.45) is 6.39.